The van der Waals surface area contributed by atoms with Gasteiger partial charge in [-0.2, -0.15) is 0 Å². The third-order valence-electron chi connectivity index (χ3n) is 5.67. The lowest BCUT2D eigenvalue weighted by molar-refractivity contribution is 0.0430. The Kier molecular flexibility index (Phi) is 3.56. The average molecular weight is 426 g/mol. The van der Waals surface area contributed by atoms with E-state index in [9.17, 15) is 9.18 Å². The first-order valence-corrected chi connectivity index (χ1v) is 9.61. The summed E-state index contributed by atoms with van der Waals surface area (Å²) in [5.74, 6) is -0.257. The molecule has 5 rings (SSSR count). The highest BCUT2D eigenvalue weighted by Crippen LogP contribution is 2.49. The van der Waals surface area contributed by atoms with Gasteiger partial charge in [-0.3, -0.25) is 9.78 Å². The summed E-state index contributed by atoms with van der Waals surface area (Å²) in [5.41, 5.74) is 3.47. The Bertz CT molecular complexity index is 1080. The van der Waals surface area contributed by atoms with Gasteiger partial charge in [-0.15, -0.1) is 0 Å². The van der Waals surface area contributed by atoms with Crippen molar-refractivity contribution in [1.82, 2.24) is 9.88 Å². The topological polar surface area (TPSA) is 36.4 Å². The van der Waals surface area contributed by atoms with Crippen LogP contribution in [0.25, 0.3) is 10.9 Å². The number of fused-ring (bicyclic) bond motifs is 4. The number of rotatable bonds is 1. The molecule has 1 amide bonds. The molecule has 27 heavy (non-hydrogen) atoms. The fraction of sp³-hybridized carbons (Fsp3) is 0.238. The Morgan fingerprint density at radius 3 is 2.67 bits per heavy atom. The minimum atomic E-state index is -0.315. The minimum absolute atomic E-state index is 0.0583. The highest BCUT2D eigenvalue weighted by molar-refractivity contribution is 9.10. The first kappa shape index (κ1) is 16.7. The van der Waals surface area contributed by atoms with E-state index in [1.165, 1.54) is 11.6 Å². The van der Waals surface area contributed by atoms with Gasteiger partial charge < -0.3 is 9.80 Å². The van der Waals surface area contributed by atoms with E-state index in [1.54, 1.807) is 0 Å². The van der Waals surface area contributed by atoms with E-state index in [4.69, 9.17) is 0 Å². The maximum atomic E-state index is 14.0. The fourth-order valence-corrected chi connectivity index (χ4v) is 4.83. The van der Waals surface area contributed by atoms with Crippen molar-refractivity contribution in [3.63, 3.8) is 0 Å². The van der Waals surface area contributed by atoms with E-state index in [-0.39, 0.29) is 17.1 Å². The van der Waals surface area contributed by atoms with E-state index < -0.39 is 0 Å². The quantitative estimate of drug-likeness (QED) is 0.591. The van der Waals surface area contributed by atoms with Crippen LogP contribution in [0.4, 0.5) is 10.1 Å². The van der Waals surface area contributed by atoms with Gasteiger partial charge in [-0.05, 0) is 39.7 Å². The highest BCUT2D eigenvalue weighted by atomic mass is 79.9. The summed E-state index contributed by atoms with van der Waals surface area (Å²) in [6.07, 6.45) is 1.82. The van der Waals surface area contributed by atoms with Crippen LogP contribution >= 0.6 is 15.9 Å². The van der Waals surface area contributed by atoms with Crippen LogP contribution in [0.15, 0.2) is 53.1 Å². The molecule has 1 aromatic heterocycles. The first-order valence-electron chi connectivity index (χ1n) is 8.82. The van der Waals surface area contributed by atoms with Gasteiger partial charge in [0, 0.05) is 43.7 Å². The lowest BCUT2D eigenvalue weighted by Gasteiger charge is -2.48. The van der Waals surface area contributed by atoms with Crippen LogP contribution in [0.5, 0.6) is 0 Å². The number of likely N-dealkylation sites (tertiary alicyclic amines) is 1. The van der Waals surface area contributed by atoms with Crippen molar-refractivity contribution < 1.29 is 9.18 Å². The fourth-order valence-electron chi connectivity index (χ4n) is 4.49. The smallest absolute Gasteiger partial charge is 0.253 e. The Labute approximate surface area is 164 Å². The molecular weight excluding hydrogens is 409 g/mol. The second-order valence-corrected chi connectivity index (χ2v) is 8.32. The van der Waals surface area contributed by atoms with Crippen LogP contribution in [0.1, 0.15) is 15.9 Å². The van der Waals surface area contributed by atoms with Crippen LogP contribution < -0.4 is 4.90 Å². The molecule has 4 nitrogen and oxygen atoms in total. The zero-order valence-corrected chi connectivity index (χ0v) is 16.3. The van der Waals surface area contributed by atoms with E-state index in [1.807, 2.05) is 54.5 Å². The van der Waals surface area contributed by atoms with Crippen LogP contribution in [-0.4, -0.2) is 42.5 Å². The first-order chi connectivity index (χ1) is 13.0. The number of aromatic nitrogens is 1. The van der Waals surface area contributed by atoms with Gasteiger partial charge in [-0.1, -0.05) is 18.2 Å². The van der Waals surface area contributed by atoms with Crippen molar-refractivity contribution in [2.45, 2.75) is 5.41 Å². The molecule has 0 radical (unpaired) electrons. The molecule has 3 heterocycles. The van der Waals surface area contributed by atoms with E-state index in [0.29, 0.717) is 28.6 Å². The molecule has 6 heteroatoms. The number of hydrogen-bond donors (Lipinski definition) is 0. The standard InChI is InChI=1S/C21H17BrFN3O/c1-25-10-21(11-26(12-21)20(27)13-5-3-2-4-6-13)19-14-7-15(22)16(23)8-17(14)24-9-18(19)25/h2-9H,10-12H2,1H3. The van der Waals surface area contributed by atoms with Crippen LogP contribution in [0, 0.1) is 5.82 Å². The number of amides is 1. The molecule has 2 aromatic carbocycles. The lowest BCUT2D eigenvalue weighted by Crippen LogP contribution is -2.62. The summed E-state index contributed by atoms with van der Waals surface area (Å²) in [4.78, 5) is 21.3. The maximum absolute atomic E-state index is 14.0. The molecule has 3 aromatic rings. The third kappa shape index (κ3) is 2.39. The largest absolute Gasteiger partial charge is 0.372 e. The monoisotopic (exact) mass is 425 g/mol. The summed E-state index contributed by atoms with van der Waals surface area (Å²) in [5, 5.41) is 0.955. The summed E-state index contributed by atoms with van der Waals surface area (Å²) in [7, 11) is 2.04. The summed E-state index contributed by atoms with van der Waals surface area (Å²) in [6.45, 7) is 2.15. The normalized spacial score (nSPS) is 17.3. The maximum Gasteiger partial charge on any atom is 0.253 e. The van der Waals surface area contributed by atoms with Crippen molar-refractivity contribution in [3.8, 4) is 0 Å². The van der Waals surface area contributed by atoms with Gasteiger partial charge in [0.2, 0.25) is 0 Å². The molecule has 0 unspecified atom stereocenters. The molecule has 0 N–H and O–H groups in total. The van der Waals surface area contributed by atoms with Crippen molar-refractivity contribution in [3.05, 3.63) is 70.1 Å². The van der Waals surface area contributed by atoms with Crippen molar-refractivity contribution >= 4 is 38.4 Å². The number of benzene rings is 2. The number of likely N-dealkylation sites (N-methyl/N-ethyl adjacent to an activating group) is 1. The van der Waals surface area contributed by atoms with Crippen molar-refractivity contribution in [1.29, 1.82) is 0 Å². The van der Waals surface area contributed by atoms with E-state index in [2.05, 4.69) is 25.8 Å². The molecule has 1 spiro atoms. The molecule has 1 fully saturated rings. The Hall–Kier alpha value is -2.47. The number of anilines is 1. The Morgan fingerprint density at radius 1 is 1.19 bits per heavy atom. The summed E-state index contributed by atoms with van der Waals surface area (Å²) < 4.78 is 14.4. The second kappa shape index (κ2) is 5.76. The number of nitrogens with zero attached hydrogens (tertiary/aromatic N) is 3. The van der Waals surface area contributed by atoms with Gasteiger partial charge >= 0.3 is 0 Å². The van der Waals surface area contributed by atoms with Crippen molar-refractivity contribution in [2.75, 3.05) is 31.6 Å². The van der Waals surface area contributed by atoms with Crippen LogP contribution in [-0.2, 0) is 5.41 Å². The molecule has 136 valence electrons. The average Bonchev–Trinajstić information content (AvgIpc) is 2.95. The number of halogens is 2. The van der Waals surface area contributed by atoms with E-state index in [0.717, 1.165) is 17.6 Å². The zero-order valence-electron chi connectivity index (χ0n) is 14.7. The minimum Gasteiger partial charge on any atom is -0.372 e. The number of hydrogen-bond acceptors (Lipinski definition) is 3. The molecule has 0 atom stereocenters. The number of carbonyl (C=O) groups excluding carboxylic acids is 1. The molecule has 0 saturated carbocycles. The third-order valence-corrected chi connectivity index (χ3v) is 6.27. The summed E-state index contributed by atoms with van der Waals surface area (Å²) >= 11 is 3.30. The second-order valence-electron chi connectivity index (χ2n) is 7.47. The lowest BCUT2D eigenvalue weighted by atomic mass is 9.74. The summed E-state index contributed by atoms with van der Waals surface area (Å²) in [6, 6.07) is 12.7. The van der Waals surface area contributed by atoms with Crippen molar-refractivity contribution in [2.24, 2.45) is 0 Å². The SMILES string of the molecule is CN1CC2(CN(C(=O)c3ccccc3)C2)c2c1cnc1cc(F)c(Br)cc21. The van der Waals surface area contributed by atoms with Crippen LogP contribution in [0.2, 0.25) is 0 Å². The molecule has 0 bridgehead atoms. The molecule has 1 saturated heterocycles. The molecule has 0 aliphatic carbocycles. The predicted molar refractivity (Wildman–Crippen MR) is 107 cm³/mol. The molecular formula is C21H17BrFN3O. The number of pyridine rings is 1. The number of carbonyl (C=O) groups is 1. The van der Waals surface area contributed by atoms with Gasteiger partial charge in [-0.25, -0.2) is 4.39 Å². The van der Waals surface area contributed by atoms with E-state index >= 15 is 0 Å². The molecule has 2 aliphatic heterocycles. The predicted octanol–water partition coefficient (Wildman–Crippen LogP) is 3.98. The van der Waals surface area contributed by atoms with Crippen LogP contribution in [0.3, 0.4) is 0 Å². The van der Waals surface area contributed by atoms with Gasteiger partial charge in [0.25, 0.3) is 5.91 Å². The Morgan fingerprint density at radius 2 is 1.93 bits per heavy atom. The zero-order chi connectivity index (χ0) is 18.8. The van der Waals surface area contributed by atoms with Gasteiger partial charge in [0.15, 0.2) is 0 Å². The molecule has 2 aliphatic rings. The van der Waals surface area contributed by atoms with Gasteiger partial charge in [0.1, 0.15) is 5.82 Å². The van der Waals surface area contributed by atoms with Gasteiger partial charge in [0.05, 0.1) is 27.3 Å². The Balaban J connectivity index is 1.55. The highest BCUT2D eigenvalue weighted by Gasteiger charge is 2.53.